The van der Waals surface area contributed by atoms with Gasteiger partial charge in [0.15, 0.2) is 0 Å². The second-order valence-corrected chi connectivity index (χ2v) is 5.30. The van der Waals surface area contributed by atoms with Gasteiger partial charge in [-0.2, -0.15) is 0 Å². The van der Waals surface area contributed by atoms with Crippen molar-refractivity contribution in [3.8, 4) is 5.75 Å². The van der Waals surface area contributed by atoms with Crippen molar-refractivity contribution in [2.24, 2.45) is 0 Å². The molecule has 0 saturated heterocycles. The van der Waals surface area contributed by atoms with Crippen molar-refractivity contribution in [2.75, 3.05) is 13.2 Å². The average Bonchev–Trinajstić information content (AvgIpc) is 2.45. The van der Waals surface area contributed by atoms with Crippen LogP contribution in [0.2, 0.25) is 0 Å². The van der Waals surface area contributed by atoms with E-state index in [1.54, 1.807) is 0 Å². The molecule has 1 aliphatic rings. The Kier molecular flexibility index (Phi) is 5.31. The number of ether oxygens (including phenoxy) is 2. The number of rotatable bonds is 6. The minimum absolute atomic E-state index is 0.555. The van der Waals surface area contributed by atoms with Crippen molar-refractivity contribution in [2.45, 2.75) is 44.9 Å². The van der Waals surface area contributed by atoms with Gasteiger partial charge in [-0.3, -0.25) is 0 Å². The summed E-state index contributed by atoms with van der Waals surface area (Å²) in [5.74, 6) is 2.41. The van der Waals surface area contributed by atoms with Crippen LogP contribution >= 0.6 is 0 Å². The Morgan fingerprint density at radius 2 is 1.79 bits per heavy atom. The highest BCUT2D eigenvalue weighted by molar-refractivity contribution is 5.29. The molecule has 1 aromatic rings. The lowest BCUT2D eigenvalue weighted by Gasteiger charge is -2.22. The lowest BCUT2D eigenvalue weighted by Crippen LogP contribution is -2.06. The minimum Gasteiger partial charge on any atom is -0.495 e. The fraction of sp³-hybridized carbons (Fsp3) is 0.529. The normalized spacial score (nSPS) is 16.1. The highest BCUT2D eigenvalue weighted by Gasteiger charge is 2.15. The van der Waals surface area contributed by atoms with E-state index in [9.17, 15) is 0 Å². The summed E-state index contributed by atoms with van der Waals surface area (Å²) in [6.45, 7) is 6.65. The van der Waals surface area contributed by atoms with Crippen molar-refractivity contribution >= 4 is 0 Å². The Bertz CT molecular complexity index is 388. The molecule has 2 rings (SSSR count). The molecule has 0 bridgehead atoms. The van der Waals surface area contributed by atoms with Gasteiger partial charge in [0.1, 0.15) is 19.0 Å². The molecule has 0 radical (unpaired) electrons. The van der Waals surface area contributed by atoms with Crippen LogP contribution < -0.4 is 4.74 Å². The Morgan fingerprint density at radius 3 is 2.42 bits per heavy atom. The van der Waals surface area contributed by atoms with Gasteiger partial charge in [-0.1, -0.05) is 38.0 Å². The lowest BCUT2D eigenvalue weighted by molar-refractivity contribution is 0.158. The summed E-state index contributed by atoms with van der Waals surface area (Å²) < 4.78 is 10.9. The van der Waals surface area contributed by atoms with Crippen LogP contribution in [0.1, 0.15) is 50.5 Å². The maximum absolute atomic E-state index is 5.63. The molecule has 2 heteroatoms. The Hall–Kier alpha value is -1.44. The van der Waals surface area contributed by atoms with Crippen molar-refractivity contribution in [1.82, 2.24) is 0 Å². The first-order valence-electron chi connectivity index (χ1n) is 7.27. The van der Waals surface area contributed by atoms with Gasteiger partial charge in [-0.05, 0) is 43.4 Å². The van der Waals surface area contributed by atoms with Gasteiger partial charge in [-0.25, -0.2) is 0 Å². The fourth-order valence-electron chi connectivity index (χ4n) is 2.65. The van der Waals surface area contributed by atoms with Crippen LogP contribution in [0, 0.1) is 0 Å². The third-order valence-corrected chi connectivity index (χ3v) is 3.66. The molecule has 19 heavy (non-hydrogen) atoms. The lowest BCUT2D eigenvalue weighted by atomic mass is 9.84. The zero-order valence-electron chi connectivity index (χ0n) is 11.9. The molecule has 104 valence electrons. The van der Waals surface area contributed by atoms with E-state index in [4.69, 9.17) is 9.47 Å². The summed E-state index contributed by atoms with van der Waals surface area (Å²) in [5.41, 5.74) is 1.46. The highest BCUT2D eigenvalue weighted by Crippen LogP contribution is 2.33. The summed E-state index contributed by atoms with van der Waals surface area (Å²) in [7, 11) is 0. The molecule has 0 atom stereocenters. The second-order valence-electron chi connectivity index (χ2n) is 5.30. The average molecular weight is 260 g/mol. The molecule has 0 unspecified atom stereocenters. The van der Waals surface area contributed by atoms with E-state index in [0.29, 0.717) is 13.2 Å². The molecule has 1 fully saturated rings. The van der Waals surface area contributed by atoms with Crippen LogP contribution in [0.25, 0.3) is 0 Å². The summed E-state index contributed by atoms with van der Waals surface area (Å²) in [4.78, 5) is 0. The maximum Gasteiger partial charge on any atom is 0.122 e. The summed E-state index contributed by atoms with van der Waals surface area (Å²) in [6.07, 6.45) is 6.84. The van der Waals surface area contributed by atoms with E-state index in [0.717, 1.165) is 17.4 Å². The van der Waals surface area contributed by atoms with Crippen LogP contribution in [0.5, 0.6) is 5.75 Å². The summed E-state index contributed by atoms with van der Waals surface area (Å²) >= 11 is 0. The molecule has 0 aromatic heterocycles. The minimum atomic E-state index is 0.555. The topological polar surface area (TPSA) is 18.5 Å². The predicted octanol–water partition coefficient (Wildman–Crippen LogP) is 4.66. The van der Waals surface area contributed by atoms with E-state index in [1.807, 2.05) is 6.92 Å². The summed E-state index contributed by atoms with van der Waals surface area (Å²) in [5, 5.41) is 0. The molecule has 1 aliphatic carbocycles. The van der Waals surface area contributed by atoms with E-state index in [-0.39, 0.29) is 0 Å². The van der Waals surface area contributed by atoms with Gasteiger partial charge >= 0.3 is 0 Å². The molecule has 0 amide bonds. The SMILES string of the molecule is C=C(C)OCCOc1ccc(C2CCCCC2)cc1. The van der Waals surface area contributed by atoms with E-state index < -0.39 is 0 Å². The largest absolute Gasteiger partial charge is 0.495 e. The number of benzene rings is 1. The molecule has 1 aromatic carbocycles. The van der Waals surface area contributed by atoms with Gasteiger partial charge in [0.2, 0.25) is 0 Å². The first-order chi connectivity index (χ1) is 9.25. The van der Waals surface area contributed by atoms with Crippen molar-refractivity contribution in [3.63, 3.8) is 0 Å². The van der Waals surface area contributed by atoms with E-state index >= 15 is 0 Å². The van der Waals surface area contributed by atoms with Crippen molar-refractivity contribution in [1.29, 1.82) is 0 Å². The first-order valence-corrected chi connectivity index (χ1v) is 7.27. The second kappa shape index (κ2) is 7.22. The quantitative estimate of drug-likeness (QED) is 0.547. The van der Waals surface area contributed by atoms with Crippen molar-refractivity contribution < 1.29 is 9.47 Å². The molecular formula is C17H24O2. The number of allylic oxidation sites excluding steroid dienone is 1. The van der Waals surface area contributed by atoms with Gasteiger partial charge in [0.05, 0.1) is 5.76 Å². The molecule has 2 nitrogen and oxygen atoms in total. The van der Waals surface area contributed by atoms with Crippen molar-refractivity contribution in [3.05, 3.63) is 42.2 Å². The van der Waals surface area contributed by atoms with Gasteiger partial charge < -0.3 is 9.47 Å². The van der Waals surface area contributed by atoms with Gasteiger partial charge in [0.25, 0.3) is 0 Å². The molecule has 0 N–H and O–H groups in total. The molecule has 0 heterocycles. The standard InChI is InChI=1S/C17H24O2/c1-14(2)18-12-13-19-17-10-8-16(9-11-17)15-6-4-3-5-7-15/h8-11,15H,1,3-7,12-13H2,2H3. The van der Waals surface area contributed by atoms with Crippen LogP contribution in [0.3, 0.4) is 0 Å². The Balaban J connectivity index is 1.79. The number of hydrogen-bond donors (Lipinski definition) is 0. The van der Waals surface area contributed by atoms with Crippen LogP contribution in [0.4, 0.5) is 0 Å². The van der Waals surface area contributed by atoms with E-state index in [1.165, 1.54) is 37.7 Å². The number of hydrogen-bond acceptors (Lipinski definition) is 2. The van der Waals surface area contributed by atoms with Crippen LogP contribution in [-0.4, -0.2) is 13.2 Å². The Morgan fingerprint density at radius 1 is 1.11 bits per heavy atom. The molecular weight excluding hydrogens is 236 g/mol. The molecule has 1 saturated carbocycles. The van der Waals surface area contributed by atoms with Gasteiger partial charge in [-0.15, -0.1) is 0 Å². The zero-order chi connectivity index (χ0) is 13.5. The van der Waals surface area contributed by atoms with E-state index in [2.05, 4.69) is 30.8 Å². The monoisotopic (exact) mass is 260 g/mol. The molecule has 0 aliphatic heterocycles. The van der Waals surface area contributed by atoms with Gasteiger partial charge in [0, 0.05) is 0 Å². The highest BCUT2D eigenvalue weighted by atomic mass is 16.5. The fourth-order valence-corrected chi connectivity index (χ4v) is 2.65. The summed E-state index contributed by atoms with van der Waals surface area (Å²) in [6, 6.07) is 8.57. The molecule has 0 spiro atoms. The maximum atomic E-state index is 5.63. The third-order valence-electron chi connectivity index (χ3n) is 3.66. The Labute approximate surface area is 116 Å². The van der Waals surface area contributed by atoms with Crippen LogP contribution in [-0.2, 0) is 4.74 Å². The van der Waals surface area contributed by atoms with Crippen LogP contribution in [0.15, 0.2) is 36.6 Å². The first kappa shape index (κ1) is 14.0. The smallest absolute Gasteiger partial charge is 0.122 e. The predicted molar refractivity (Wildman–Crippen MR) is 78.5 cm³/mol. The third kappa shape index (κ3) is 4.62. The zero-order valence-corrected chi connectivity index (χ0v) is 11.9.